The van der Waals surface area contributed by atoms with Crippen LogP contribution in [0.2, 0.25) is 0 Å². The number of para-hydroxylation sites is 2. The fourth-order valence-electron chi connectivity index (χ4n) is 8.55. The van der Waals surface area contributed by atoms with Crippen molar-refractivity contribution in [2.24, 2.45) is 15.0 Å². The number of benzene rings is 8. The third-order valence-corrected chi connectivity index (χ3v) is 11.4. The van der Waals surface area contributed by atoms with Crippen LogP contribution in [0.25, 0.3) is 76.7 Å². The zero-order valence-corrected chi connectivity index (χ0v) is 35.1. The Morgan fingerprint density at radius 2 is 0.952 bits per heavy atom. The summed E-state index contributed by atoms with van der Waals surface area (Å²) in [6.07, 6.45) is 0. The zero-order valence-electron chi connectivity index (χ0n) is 35.1. The summed E-state index contributed by atoms with van der Waals surface area (Å²) < 4.78 is 4.85. The Hall–Kier alpha value is -7.89. The van der Waals surface area contributed by atoms with Crippen LogP contribution in [0.15, 0.2) is 215 Å². The van der Waals surface area contributed by atoms with E-state index in [1.807, 2.05) is 62.4 Å². The summed E-state index contributed by atoms with van der Waals surface area (Å²) in [6.45, 7) is 12.5. The number of rotatable bonds is 7. The van der Waals surface area contributed by atoms with Gasteiger partial charge in [-0.05, 0) is 83.5 Å². The Labute approximate surface area is 362 Å². The number of amidine groups is 1. The molecule has 0 fully saturated rings. The minimum atomic E-state index is 0.570. The first-order valence-corrected chi connectivity index (χ1v) is 21.2. The first-order valence-electron chi connectivity index (χ1n) is 21.2. The molecule has 0 saturated carbocycles. The van der Waals surface area contributed by atoms with Gasteiger partial charge in [0, 0.05) is 38.2 Å². The number of fused-ring (bicyclic) bond motifs is 11. The maximum atomic E-state index is 4.72. The van der Waals surface area contributed by atoms with Crippen molar-refractivity contribution in [3.8, 4) is 16.8 Å². The van der Waals surface area contributed by atoms with E-state index in [0.717, 1.165) is 34.5 Å². The predicted molar refractivity (Wildman–Crippen MR) is 267 cm³/mol. The van der Waals surface area contributed by atoms with Crippen LogP contribution in [-0.2, 0) is 13.1 Å². The van der Waals surface area contributed by atoms with Crippen LogP contribution < -0.4 is 0 Å². The summed E-state index contributed by atoms with van der Waals surface area (Å²) in [4.78, 5) is 12.7. The lowest BCUT2D eigenvalue weighted by Gasteiger charge is -2.11. The maximum absolute atomic E-state index is 4.72. The van der Waals surface area contributed by atoms with Crippen LogP contribution in [0.5, 0.6) is 0 Å². The quantitative estimate of drug-likeness (QED) is 0.0875. The van der Waals surface area contributed by atoms with E-state index in [-0.39, 0.29) is 0 Å². The van der Waals surface area contributed by atoms with Crippen molar-refractivity contribution in [1.29, 1.82) is 0 Å². The lowest BCUT2D eigenvalue weighted by molar-refractivity contribution is 1.06. The van der Waals surface area contributed by atoms with Gasteiger partial charge in [-0.15, -0.1) is 0 Å². The average molecular weight is 802 g/mol. The first kappa shape index (κ1) is 39.6. The molecule has 0 atom stereocenters. The second-order valence-corrected chi connectivity index (χ2v) is 15.0. The molecule has 11 aromatic rings. The topological polar surface area (TPSA) is 46.4 Å². The van der Waals surface area contributed by atoms with Gasteiger partial charge in [0.05, 0.1) is 40.7 Å². The summed E-state index contributed by atoms with van der Waals surface area (Å²) in [7, 11) is 0. The van der Waals surface area contributed by atoms with Gasteiger partial charge in [0.2, 0.25) is 0 Å². The SMILES string of the molecule is C=NC(=NCc1ccccc1)c1ccc(-c2ccc(-n3c4ccccc4c4cc5cc6c7ccccc7c7ccccc7n6c5cc43)cc2)cc1.C=NCc1ccccc1.CC. The second kappa shape index (κ2) is 17.8. The van der Waals surface area contributed by atoms with Crippen LogP contribution in [0.1, 0.15) is 30.5 Å². The Kier molecular flexibility index (Phi) is 11.3. The molecular weight excluding hydrogens is 755 g/mol. The molecule has 0 unspecified atom stereocenters. The molecule has 0 aliphatic rings. The normalized spacial score (nSPS) is 11.4. The van der Waals surface area contributed by atoms with Gasteiger partial charge in [-0.1, -0.05) is 172 Å². The van der Waals surface area contributed by atoms with Gasteiger partial charge in [-0.25, -0.2) is 4.99 Å². The smallest absolute Gasteiger partial charge is 0.154 e. The third kappa shape index (κ3) is 7.46. The third-order valence-electron chi connectivity index (χ3n) is 11.4. The zero-order chi connectivity index (χ0) is 42.4. The second-order valence-electron chi connectivity index (χ2n) is 15.0. The highest BCUT2D eigenvalue weighted by atomic mass is 15.0. The molecule has 62 heavy (non-hydrogen) atoms. The van der Waals surface area contributed by atoms with E-state index in [9.17, 15) is 0 Å². The monoisotopic (exact) mass is 801 g/mol. The molecule has 0 radical (unpaired) electrons. The minimum Gasteiger partial charge on any atom is -0.309 e. The number of pyridine rings is 1. The molecule has 0 aliphatic heterocycles. The summed E-state index contributed by atoms with van der Waals surface area (Å²) in [5.41, 5.74) is 12.8. The molecule has 3 heterocycles. The molecule has 3 aromatic heterocycles. The molecule has 11 rings (SSSR count). The van der Waals surface area contributed by atoms with Crippen molar-refractivity contribution < 1.29 is 0 Å². The molecule has 0 N–H and O–H groups in total. The van der Waals surface area contributed by atoms with Crippen molar-refractivity contribution in [3.05, 3.63) is 217 Å². The number of aromatic nitrogens is 2. The van der Waals surface area contributed by atoms with E-state index >= 15 is 0 Å². The molecule has 0 spiro atoms. The molecule has 5 heteroatoms. The minimum absolute atomic E-state index is 0.570. The summed E-state index contributed by atoms with van der Waals surface area (Å²) in [5, 5.41) is 7.56. The Morgan fingerprint density at radius 1 is 0.435 bits per heavy atom. The average Bonchev–Trinajstić information content (AvgIpc) is 3.88. The molecule has 0 aliphatic carbocycles. The Morgan fingerprint density at radius 3 is 1.56 bits per heavy atom. The Bertz CT molecular complexity index is 3370. The lowest BCUT2D eigenvalue weighted by Crippen LogP contribution is -1.98. The van der Waals surface area contributed by atoms with Crippen LogP contribution in [0.3, 0.4) is 0 Å². The van der Waals surface area contributed by atoms with Gasteiger partial charge in [-0.3, -0.25) is 9.98 Å². The van der Waals surface area contributed by atoms with E-state index in [2.05, 4.69) is 184 Å². The van der Waals surface area contributed by atoms with Gasteiger partial charge in [-0.2, -0.15) is 0 Å². The van der Waals surface area contributed by atoms with Crippen LogP contribution in [0, 0.1) is 0 Å². The Balaban J connectivity index is 0.000000395. The largest absolute Gasteiger partial charge is 0.309 e. The first-order chi connectivity index (χ1) is 30.7. The van der Waals surface area contributed by atoms with E-state index in [1.165, 1.54) is 65.5 Å². The fraction of sp³-hybridized carbons (Fsp3) is 0.0702. The molecule has 0 bridgehead atoms. The lowest BCUT2D eigenvalue weighted by atomic mass is 10.0. The van der Waals surface area contributed by atoms with Crippen LogP contribution >= 0.6 is 0 Å². The number of hydrogen-bond acceptors (Lipinski definition) is 2. The van der Waals surface area contributed by atoms with Gasteiger partial charge in [0.15, 0.2) is 5.84 Å². The standard InChI is InChI=1S/C47H32N4.C8H9N.C2H6/c1-48-47(49-30-31-11-3-2-4-12-31)34-21-19-32(20-22-34)33-23-25-36(26-24-33)50-42-17-9-8-16-40(42)41-27-35-28-45-39-15-6-5-13-37(39)38-14-7-10-18-43(38)51(45)44(35)29-46(41)50;1-9-7-8-5-3-2-4-6-8;1-2/h2-29H,1,30H2;2-6H,1,7H2;1-2H3. The highest BCUT2D eigenvalue weighted by molar-refractivity contribution is 6.19. The summed E-state index contributed by atoms with van der Waals surface area (Å²) in [6, 6.07) is 71.0. The molecule has 0 amide bonds. The molecule has 300 valence electrons. The fourth-order valence-corrected chi connectivity index (χ4v) is 8.55. The van der Waals surface area contributed by atoms with Crippen molar-refractivity contribution >= 4 is 79.2 Å². The molecule has 5 nitrogen and oxygen atoms in total. The van der Waals surface area contributed by atoms with E-state index in [4.69, 9.17) is 4.99 Å². The van der Waals surface area contributed by atoms with E-state index < -0.39 is 0 Å². The van der Waals surface area contributed by atoms with Gasteiger partial charge in [0.1, 0.15) is 0 Å². The molecule has 0 saturated heterocycles. The van der Waals surface area contributed by atoms with Gasteiger partial charge in [0.25, 0.3) is 0 Å². The number of aliphatic imine (C=N–C) groups is 3. The van der Waals surface area contributed by atoms with Gasteiger partial charge >= 0.3 is 0 Å². The predicted octanol–water partition coefficient (Wildman–Crippen LogP) is 14.7. The van der Waals surface area contributed by atoms with E-state index in [0.29, 0.717) is 12.4 Å². The van der Waals surface area contributed by atoms with Gasteiger partial charge < -0.3 is 8.97 Å². The highest BCUT2D eigenvalue weighted by Crippen LogP contribution is 2.39. The van der Waals surface area contributed by atoms with Crippen molar-refractivity contribution in [3.63, 3.8) is 0 Å². The van der Waals surface area contributed by atoms with Crippen molar-refractivity contribution in [2.45, 2.75) is 26.9 Å². The van der Waals surface area contributed by atoms with Crippen LogP contribution in [-0.4, -0.2) is 28.2 Å². The van der Waals surface area contributed by atoms with Crippen molar-refractivity contribution in [2.75, 3.05) is 0 Å². The summed E-state index contributed by atoms with van der Waals surface area (Å²) >= 11 is 0. The van der Waals surface area contributed by atoms with Crippen molar-refractivity contribution in [1.82, 2.24) is 8.97 Å². The maximum Gasteiger partial charge on any atom is 0.154 e. The summed E-state index contributed by atoms with van der Waals surface area (Å²) in [5.74, 6) is 0.651. The van der Waals surface area contributed by atoms with Crippen LogP contribution in [0.4, 0.5) is 0 Å². The molecule has 8 aromatic carbocycles. The highest BCUT2D eigenvalue weighted by Gasteiger charge is 2.17. The van der Waals surface area contributed by atoms with E-state index in [1.54, 1.807) is 0 Å². The number of nitrogens with zero attached hydrogens (tertiary/aromatic N) is 5. The molecular formula is C57H47N5. The number of hydrogen-bond donors (Lipinski definition) is 0.